The zero-order chi connectivity index (χ0) is 10.8. The summed E-state index contributed by atoms with van der Waals surface area (Å²) in [7, 11) is 0. The van der Waals surface area contributed by atoms with Crippen LogP contribution in [0.5, 0.6) is 0 Å². The van der Waals surface area contributed by atoms with Gasteiger partial charge in [0, 0.05) is 10.6 Å². The van der Waals surface area contributed by atoms with Gasteiger partial charge in [-0.2, -0.15) is 0 Å². The molecular weight excluding hydrogens is 304 g/mol. The van der Waals surface area contributed by atoms with Crippen molar-refractivity contribution in [2.24, 2.45) is 5.92 Å². The Bertz CT molecular complexity index is 353. The summed E-state index contributed by atoms with van der Waals surface area (Å²) in [6, 6.07) is 1.68. The molecule has 1 aliphatic carbocycles. The maximum absolute atomic E-state index is 13.5. The molecule has 15 heavy (non-hydrogen) atoms. The Kier molecular flexibility index (Phi) is 3.59. The standard InChI is InChI=1S/C12H15FIN/c1-8-2-3-9(4-8)10-5-11(13)12(6-14)15-7-10/h5,7-9H,2-4,6H2,1H3. The van der Waals surface area contributed by atoms with Crippen LogP contribution in [-0.4, -0.2) is 4.98 Å². The average Bonchev–Trinajstić information content (AvgIpc) is 2.65. The van der Waals surface area contributed by atoms with Crippen molar-refractivity contribution in [3.05, 3.63) is 29.3 Å². The molecule has 2 unspecified atom stereocenters. The van der Waals surface area contributed by atoms with E-state index in [1.165, 1.54) is 19.3 Å². The molecule has 1 aromatic rings. The number of halogens is 2. The van der Waals surface area contributed by atoms with Gasteiger partial charge >= 0.3 is 0 Å². The second-order valence-corrected chi connectivity index (χ2v) is 5.21. The molecule has 1 saturated carbocycles. The summed E-state index contributed by atoms with van der Waals surface area (Å²) in [4.78, 5) is 4.18. The number of rotatable bonds is 2. The van der Waals surface area contributed by atoms with Gasteiger partial charge in [0.1, 0.15) is 5.82 Å². The van der Waals surface area contributed by atoms with Gasteiger partial charge in [-0.3, -0.25) is 4.98 Å². The van der Waals surface area contributed by atoms with E-state index in [1.54, 1.807) is 6.07 Å². The average molecular weight is 319 g/mol. The molecule has 0 saturated heterocycles. The molecule has 2 atom stereocenters. The highest BCUT2D eigenvalue weighted by molar-refractivity contribution is 14.1. The Morgan fingerprint density at radius 3 is 2.87 bits per heavy atom. The number of aromatic nitrogens is 1. The van der Waals surface area contributed by atoms with Crippen LogP contribution >= 0.6 is 22.6 Å². The number of hydrogen-bond acceptors (Lipinski definition) is 1. The number of alkyl halides is 1. The normalized spacial score (nSPS) is 25.8. The Labute approximate surface area is 104 Å². The molecular formula is C12H15FIN. The molecule has 0 amide bonds. The van der Waals surface area contributed by atoms with E-state index in [9.17, 15) is 4.39 Å². The highest BCUT2D eigenvalue weighted by atomic mass is 127. The van der Waals surface area contributed by atoms with Crippen molar-refractivity contribution in [3.8, 4) is 0 Å². The van der Waals surface area contributed by atoms with E-state index in [1.807, 2.05) is 6.20 Å². The van der Waals surface area contributed by atoms with E-state index in [0.29, 0.717) is 16.0 Å². The van der Waals surface area contributed by atoms with Crippen LogP contribution in [0.4, 0.5) is 4.39 Å². The monoisotopic (exact) mass is 319 g/mol. The molecule has 1 nitrogen and oxygen atoms in total. The van der Waals surface area contributed by atoms with Crippen LogP contribution in [0.3, 0.4) is 0 Å². The van der Waals surface area contributed by atoms with E-state index in [-0.39, 0.29) is 5.82 Å². The summed E-state index contributed by atoms with van der Waals surface area (Å²) < 4.78 is 14.2. The van der Waals surface area contributed by atoms with Crippen LogP contribution in [0.2, 0.25) is 0 Å². The lowest BCUT2D eigenvalue weighted by molar-refractivity contribution is 0.583. The van der Waals surface area contributed by atoms with E-state index < -0.39 is 0 Å². The Hall–Kier alpha value is -0.190. The van der Waals surface area contributed by atoms with Gasteiger partial charge < -0.3 is 0 Å². The van der Waals surface area contributed by atoms with Gasteiger partial charge in [0.15, 0.2) is 0 Å². The van der Waals surface area contributed by atoms with Gasteiger partial charge in [-0.15, -0.1) is 0 Å². The molecule has 1 aliphatic rings. The SMILES string of the molecule is CC1CCC(c2cnc(CI)c(F)c2)C1. The maximum atomic E-state index is 13.5. The van der Waals surface area contributed by atoms with Crippen molar-refractivity contribution in [2.75, 3.05) is 0 Å². The highest BCUT2D eigenvalue weighted by Gasteiger charge is 2.23. The third-order valence-electron chi connectivity index (χ3n) is 3.23. The molecule has 0 aliphatic heterocycles. The first kappa shape index (κ1) is 11.3. The number of nitrogens with zero attached hydrogens (tertiary/aromatic N) is 1. The smallest absolute Gasteiger partial charge is 0.145 e. The van der Waals surface area contributed by atoms with E-state index in [0.717, 1.165) is 11.5 Å². The zero-order valence-electron chi connectivity index (χ0n) is 8.84. The topological polar surface area (TPSA) is 12.9 Å². The lowest BCUT2D eigenvalue weighted by Crippen LogP contribution is -1.99. The van der Waals surface area contributed by atoms with Gasteiger partial charge in [0.2, 0.25) is 0 Å². The maximum Gasteiger partial charge on any atom is 0.145 e. The molecule has 0 radical (unpaired) electrons. The first-order valence-electron chi connectivity index (χ1n) is 5.41. The predicted octanol–water partition coefficient (Wildman–Crippen LogP) is 4.06. The van der Waals surface area contributed by atoms with Crippen molar-refractivity contribution < 1.29 is 4.39 Å². The van der Waals surface area contributed by atoms with Gasteiger partial charge in [-0.05, 0) is 36.3 Å². The Balaban J connectivity index is 2.19. The van der Waals surface area contributed by atoms with Crippen LogP contribution in [0.25, 0.3) is 0 Å². The molecule has 1 aromatic heterocycles. The second kappa shape index (κ2) is 4.76. The Morgan fingerprint density at radius 1 is 1.53 bits per heavy atom. The summed E-state index contributed by atoms with van der Waals surface area (Å²) >= 11 is 2.14. The van der Waals surface area contributed by atoms with Crippen molar-refractivity contribution >= 4 is 22.6 Å². The lowest BCUT2D eigenvalue weighted by atomic mass is 9.98. The molecule has 2 rings (SSSR count). The predicted molar refractivity (Wildman–Crippen MR) is 67.7 cm³/mol. The molecule has 0 bridgehead atoms. The fourth-order valence-electron chi connectivity index (χ4n) is 2.31. The molecule has 0 N–H and O–H groups in total. The van der Waals surface area contributed by atoms with Crippen LogP contribution in [-0.2, 0) is 4.43 Å². The molecule has 0 aromatic carbocycles. The fraction of sp³-hybridized carbons (Fsp3) is 0.583. The first-order chi connectivity index (χ1) is 7.20. The molecule has 1 heterocycles. The van der Waals surface area contributed by atoms with Gasteiger partial charge in [0.05, 0.1) is 5.69 Å². The summed E-state index contributed by atoms with van der Waals surface area (Å²) in [5, 5.41) is 0. The van der Waals surface area contributed by atoms with E-state index >= 15 is 0 Å². The van der Waals surface area contributed by atoms with E-state index in [4.69, 9.17) is 0 Å². The zero-order valence-corrected chi connectivity index (χ0v) is 11.0. The molecule has 0 spiro atoms. The van der Waals surface area contributed by atoms with Crippen molar-refractivity contribution in [3.63, 3.8) is 0 Å². The van der Waals surface area contributed by atoms with Crippen LogP contribution < -0.4 is 0 Å². The van der Waals surface area contributed by atoms with Crippen molar-refractivity contribution in [1.29, 1.82) is 0 Å². The number of pyridine rings is 1. The second-order valence-electron chi connectivity index (χ2n) is 4.45. The van der Waals surface area contributed by atoms with Gasteiger partial charge in [-0.1, -0.05) is 35.9 Å². The summed E-state index contributed by atoms with van der Waals surface area (Å²) in [5.41, 5.74) is 1.66. The molecule has 3 heteroatoms. The first-order valence-corrected chi connectivity index (χ1v) is 6.93. The van der Waals surface area contributed by atoms with Crippen LogP contribution in [0, 0.1) is 11.7 Å². The minimum atomic E-state index is -0.138. The van der Waals surface area contributed by atoms with Crippen LogP contribution in [0.1, 0.15) is 43.4 Å². The summed E-state index contributed by atoms with van der Waals surface area (Å²) in [6.45, 7) is 2.27. The third kappa shape index (κ3) is 2.49. The summed E-state index contributed by atoms with van der Waals surface area (Å²) in [5.74, 6) is 1.18. The quantitative estimate of drug-likeness (QED) is 0.592. The summed E-state index contributed by atoms with van der Waals surface area (Å²) in [6.07, 6.45) is 5.50. The number of hydrogen-bond donors (Lipinski definition) is 0. The lowest BCUT2D eigenvalue weighted by Gasteiger charge is -2.10. The van der Waals surface area contributed by atoms with Gasteiger partial charge in [-0.25, -0.2) is 4.39 Å². The van der Waals surface area contributed by atoms with Gasteiger partial charge in [0.25, 0.3) is 0 Å². The highest BCUT2D eigenvalue weighted by Crippen LogP contribution is 2.37. The van der Waals surface area contributed by atoms with Crippen LogP contribution in [0.15, 0.2) is 12.3 Å². The minimum absolute atomic E-state index is 0.138. The largest absolute Gasteiger partial charge is 0.257 e. The third-order valence-corrected chi connectivity index (χ3v) is 3.95. The molecule has 82 valence electrons. The minimum Gasteiger partial charge on any atom is -0.257 e. The van der Waals surface area contributed by atoms with E-state index in [2.05, 4.69) is 34.5 Å². The van der Waals surface area contributed by atoms with Crippen molar-refractivity contribution in [1.82, 2.24) is 4.98 Å². The Morgan fingerprint density at radius 2 is 2.33 bits per heavy atom. The fourth-order valence-corrected chi connectivity index (χ4v) is 2.87. The molecule has 1 fully saturated rings. The van der Waals surface area contributed by atoms with Crippen molar-refractivity contribution in [2.45, 2.75) is 36.5 Å².